The summed E-state index contributed by atoms with van der Waals surface area (Å²) < 4.78 is 1.25. The lowest BCUT2D eigenvalue weighted by atomic mass is 9.96. The summed E-state index contributed by atoms with van der Waals surface area (Å²) in [6.07, 6.45) is -0.0352. The van der Waals surface area contributed by atoms with Crippen LogP contribution in [0.3, 0.4) is 0 Å². The number of likely N-dealkylation sites (tertiary alicyclic amines) is 1. The molecule has 2 aromatic carbocycles. The Labute approximate surface area is 665 Å². The largest absolute Gasteiger partial charge is 0.481 e. The van der Waals surface area contributed by atoms with Crippen molar-refractivity contribution in [1.29, 1.82) is 0 Å². The number of unbranched alkanes of at least 4 members (excludes halogenated alkanes) is 1. The van der Waals surface area contributed by atoms with Gasteiger partial charge in [-0.3, -0.25) is 72.1 Å². The molecule has 15 atom stereocenters. The molecule has 114 heavy (non-hydrogen) atoms. The molecule has 4 aliphatic heterocycles. The van der Waals surface area contributed by atoms with Gasteiger partial charge in [0.25, 0.3) is 0 Å². The highest BCUT2D eigenvalue weighted by Crippen LogP contribution is 2.29. The number of nitrogens with one attached hydrogen (secondary N) is 10. The van der Waals surface area contributed by atoms with E-state index in [0.717, 1.165) is 33.4 Å². The second-order valence-electron chi connectivity index (χ2n) is 28.2. The molecule has 7 rings (SSSR count). The Balaban J connectivity index is 1.34. The first-order chi connectivity index (χ1) is 54.5. The van der Waals surface area contributed by atoms with Gasteiger partial charge >= 0.3 is 11.9 Å². The van der Waals surface area contributed by atoms with Gasteiger partial charge in [-0.2, -0.15) is 0 Å². The highest BCUT2D eigenvalue weighted by Gasteiger charge is 2.47. The molecule has 0 spiro atoms. The van der Waals surface area contributed by atoms with Crippen LogP contribution in [0.4, 0.5) is 0 Å². The third-order valence-corrected chi connectivity index (χ3v) is 22.3. The number of aliphatic imine (C=N–C) groups is 1. The maximum absolute atomic E-state index is 15.6. The maximum atomic E-state index is 15.6. The molecule has 13 amide bonds. The Hall–Kier alpha value is -10.6. The minimum Gasteiger partial charge on any atom is -0.481 e. The third-order valence-electron chi connectivity index (χ3n) is 19.8. The summed E-state index contributed by atoms with van der Waals surface area (Å²) in [6, 6.07) is -3.62. The van der Waals surface area contributed by atoms with Gasteiger partial charge in [-0.1, -0.05) is 108 Å². The van der Waals surface area contributed by atoms with E-state index in [9.17, 15) is 68.4 Å². The number of fused-ring (bicyclic) bond motifs is 2. The standard InChI is InChI=1S/C72H105N21O19S2/c1-4-39(2)57-70(110)93-30-16-25-54(93)69(109)92-29-15-24-53(92)66(106)82-48(35-90-34-47(88-89-90)42-19-9-6-10-20-42)61(101)85-50(63(103)80-45(31-41-17-7-5-8-18-41)68(108)91-28-14-23-52(91)65(105)81-46(71(111)112)32-56(97)98)37-113-114-38-51(84-59(99)43(78-55(96)33-74)22-13-27-77-72(75)76)64(104)87-58(40(3)95)67(107)79-44(21-11-12-26-73)60(100)83-49(36-94)62(102)86-57/h5-10,17-20,34,39-40,43-46,48-54,57-58,94-95H,4,11-16,21-33,35-38,73-74H2,1-3H3,(H,78,96)(H,79,107)(H,80,103)(H,81,105)(H,82,106)(H,83,100)(H,84,99)(H,85,101)(H,86,102)(H,87,104)(H,97,98)(H,111,112)(H4,75,76,77)/t39-,40+,43-,44-,45-,46-,48-,49-,50-,51-,52-,53-,54-,57-,58-/m0/s1. The molecule has 0 radical (unpaired) electrons. The average molecular weight is 1630 g/mol. The molecule has 4 fully saturated rings. The van der Waals surface area contributed by atoms with E-state index >= 15 is 24.0 Å². The van der Waals surface area contributed by atoms with Crippen LogP contribution >= 0.6 is 21.6 Å². The predicted octanol–water partition coefficient (Wildman–Crippen LogP) is -5.48. The van der Waals surface area contributed by atoms with E-state index in [2.05, 4.69) is 68.5 Å². The van der Waals surface area contributed by atoms with Crippen molar-refractivity contribution in [3.05, 3.63) is 72.4 Å². The van der Waals surface area contributed by atoms with Crippen LogP contribution in [0.1, 0.15) is 110 Å². The summed E-state index contributed by atoms with van der Waals surface area (Å²) in [7, 11) is 1.58. The van der Waals surface area contributed by atoms with Crippen molar-refractivity contribution in [2.75, 3.05) is 57.4 Å². The van der Waals surface area contributed by atoms with Crippen LogP contribution < -0.4 is 76.1 Å². The number of nitrogens with two attached hydrogens (primary N) is 4. The van der Waals surface area contributed by atoms with Crippen LogP contribution in [-0.2, 0) is 84.9 Å². The van der Waals surface area contributed by atoms with Gasteiger partial charge in [0.15, 0.2) is 5.96 Å². The number of aromatic nitrogens is 3. The van der Waals surface area contributed by atoms with Crippen LogP contribution in [0.2, 0.25) is 0 Å². The molecule has 4 aliphatic rings. The minimum absolute atomic E-state index is 0.0114. The Morgan fingerprint density at radius 1 is 0.658 bits per heavy atom. The predicted molar refractivity (Wildman–Crippen MR) is 414 cm³/mol. The number of aliphatic hydroxyl groups is 2. The number of guanidine groups is 1. The number of hydrogen-bond acceptors (Lipinski definition) is 24. The highest BCUT2D eigenvalue weighted by atomic mass is 33.1. The van der Waals surface area contributed by atoms with Crippen molar-refractivity contribution in [2.45, 2.75) is 202 Å². The van der Waals surface area contributed by atoms with E-state index in [-0.39, 0.29) is 103 Å². The van der Waals surface area contributed by atoms with Gasteiger partial charge in [-0.15, -0.1) is 5.10 Å². The quantitative estimate of drug-likeness (QED) is 0.0133. The summed E-state index contributed by atoms with van der Waals surface area (Å²) in [4.78, 5) is 223. The molecule has 40 nitrogen and oxygen atoms in total. The van der Waals surface area contributed by atoms with Crippen molar-refractivity contribution in [3.8, 4) is 11.3 Å². The Morgan fingerprint density at radius 2 is 1.27 bits per heavy atom. The number of rotatable bonds is 29. The van der Waals surface area contributed by atoms with Gasteiger partial charge in [0.2, 0.25) is 76.8 Å². The number of amides is 13. The number of benzene rings is 2. The molecular formula is C72H105N21O19S2. The van der Waals surface area contributed by atoms with E-state index in [1.54, 1.807) is 74.5 Å². The second kappa shape index (κ2) is 44.8. The fraction of sp³-hybridized carbons (Fsp3) is 0.583. The van der Waals surface area contributed by atoms with Gasteiger partial charge in [0, 0.05) is 49.7 Å². The Kier molecular flexibility index (Phi) is 35.6. The molecule has 22 N–H and O–H groups in total. The first-order valence-electron chi connectivity index (χ1n) is 37.8. The second-order valence-corrected chi connectivity index (χ2v) is 30.8. The highest BCUT2D eigenvalue weighted by molar-refractivity contribution is 8.76. The molecule has 0 saturated carbocycles. The van der Waals surface area contributed by atoms with E-state index in [0.29, 0.717) is 36.1 Å². The summed E-state index contributed by atoms with van der Waals surface area (Å²) in [5.74, 6) is -17.5. The van der Waals surface area contributed by atoms with Crippen LogP contribution in [0, 0.1) is 5.92 Å². The summed E-state index contributed by atoms with van der Waals surface area (Å²) >= 11 is 0. The molecule has 42 heteroatoms. The summed E-state index contributed by atoms with van der Waals surface area (Å²) in [6.45, 7) is 2.48. The van der Waals surface area contributed by atoms with Crippen LogP contribution in [0.5, 0.6) is 0 Å². The molecule has 5 heterocycles. The summed E-state index contributed by atoms with van der Waals surface area (Å²) in [5, 5.41) is 75.5. The fourth-order valence-corrected chi connectivity index (χ4v) is 15.8. The van der Waals surface area contributed by atoms with E-state index in [1.807, 2.05) is 0 Å². The average Bonchev–Trinajstić information content (AvgIpc) is 1.62. The van der Waals surface area contributed by atoms with Crippen LogP contribution in [0.15, 0.2) is 71.9 Å². The number of aliphatic carboxylic acids is 2. The zero-order chi connectivity index (χ0) is 83.3. The zero-order valence-electron chi connectivity index (χ0n) is 63.7. The smallest absolute Gasteiger partial charge is 0.326 e. The number of aliphatic hydroxyl groups excluding tert-OH is 2. The lowest BCUT2D eigenvalue weighted by Crippen LogP contribution is -2.62. The lowest BCUT2D eigenvalue weighted by molar-refractivity contribution is -0.149. The topological polar surface area (TPSA) is 614 Å². The number of carboxylic acid groups (broad SMARTS) is 2. The van der Waals surface area contributed by atoms with E-state index in [1.165, 1.54) is 20.7 Å². The molecule has 0 aliphatic carbocycles. The monoisotopic (exact) mass is 1630 g/mol. The molecule has 0 unspecified atom stereocenters. The van der Waals surface area contributed by atoms with Crippen LogP contribution in [0.25, 0.3) is 11.3 Å². The molecular weight excluding hydrogens is 1530 g/mol. The van der Waals surface area contributed by atoms with Gasteiger partial charge < -0.3 is 111 Å². The minimum atomic E-state index is -1.95. The van der Waals surface area contributed by atoms with Gasteiger partial charge in [0.1, 0.15) is 84.2 Å². The number of carbonyl (C=O) groups is 15. The van der Waals surface area contributed by atoms with Gasteiger partial charge in [-0.25, -0.2) is 9.48 Å². The summed E-state index contributed by atoms with van der Waals surface area (Å²) in [5.41, 5.74) is 24.0. The number of hydrogen-bond donors (Lipinski definition) is 18. The van der Waals surface area contributed by atoms with E-state index in [4.69, 9.17) is 22.9 Å². The Morgan fingerprint density at radius 3 is 1.91 bits per heavy atom. The van der Waals surface area contributed by atoms with Crippen molar-refractivity contribution in [1.82, 2.24) is 82.9 Å². The first kappa shape index (κ1) is 90.6. The maximum Gasteiger partial charge on any atom is 0.326 e. The molecule has 0 bridgehead atoms. The van der Waals surface area contributed by atoms with Gasteiger partial charge in [-0.05, 0) is 95.6 Å². The fourth-order valence-electron chi connectivity index (χ4n) is 13.5. The van der Waals surface area contributed by atoms with Crippen molar-refractivity contribution in [3.63, 3.8) is 0 Å². The van der Waals surface area contributed by atoms with Crippen LogP contribution in [-0.4, -0.2) is 287 Å². The molecule has 4 saturated heterocycles. The molecule has 3 aromatic rings. The third kappa shape index (κ3) is 26.3. The number of nitrogens with zero attached hydrogens (tertiary/aromatic N) is 7. The number of carboxylic acids is 2. The Bertz CT molecular complexity index is 3900. The van der Waals surface area contributed by atoms with Crippen molar-refractivity contribution < 1.29 is 92.3 Å². The lowest BCUT2D eigenvalue weighted by Gasteiger charge is -2.35. The number of carbonyl (C=O) groups excluding carboxylic acids is 13. The van der Waals surface area contributed by atoms with E-state index < -0.39 is 217 Å². The molecule has 1 aromatic heterocycles. The van der Waals surface area contributed by atoms with Gasteiger partial charge in [0.05, 0.1) is 38.4 Å². The first-order valence-corrected chi connectivity index (χ1v) is 40.3. The van der Waals surface area contributed by atoms with Crippen molar-refractivity contribution in [2.24, 2.45) is 33.8 Å². The normalized spacial score (nSPS) is 23.9. The molecule has 624 valence electrons. The van der Waals surface area contributed by atoms with Crippen molar-refractivity contribution >= 4 is 116 Å². The zero-order valence-corrected chi connectivity index (χ0v) is 65.3. The SMILES string of the molecule is CC[C@H](C)[C@@H]1NC(=O)[C@H](CO)NC(=O)[C@H](CCCCN)NC(=O)[C@H]([C@@H](C)O)NC(=O)[C@@H](NC(=O)[C@H](CCCN=C(N)N)NC(=O)CN)CSSC[C@@H](C(=O)N[C@@H](Cc2ccccc2)C(=O)N2CCC[C@H]2C(=O)N[C@@H](CC(=O)O)C(=O)O)NC(=O)[C@H](Cn2cc(-c3ccccc3)nn2)NC(=O)[C@@H]2CCCN2C(=O)[C@@H]2CCCN2C1=O.